The van der Waals surface area contributed by atoms with Crippen LogP contribution in [-0.4, -0.2) is 21.7 Å². The molecule has 0 saturated carbocycles. The van der Waals surface area contributed by atoms with E-state index in [4.69, 9.17) is 4.52 Å². The Morgan fingerprint density at radius 3 is 3.00 bits per heavy atom. The fourth-order valence-corrected chi connectivity index (χ4v) is 1.88. The molecule has 0 aliphatic rings. The average Bonchev–Trinajstić information content (AvgIpc) is 2.85. The topological polar surface area (TPSA) is 63.8 Å². The van der Waals surface area contributed by atoms with E-state index in [1.165, 1.54) is 0 Å². The number of halogens is 1. The van der Waals surface area contributed by atoms with E-state index in [1.807, 2.05) is 13.0 Å². The molecule has 1 unspecified atom stereocenters. The maximum absolute atomic E-state index is 5.25. The molecule has 0 spiro atoms. The molecule has 2 heterocycles. The third kappa shape index (κ3) is 3.14. The summed E-state index contributed by atoms with van der Waals surface area (Å²) >= 11 is 3.37. The largest absolute Gasteiger partial charge is 0.337 e. The average molecular weight is 311 g/mol. The van der Waals surface area contributed by atoms with Gasteiger partial charge in [0.1, 0.15) is 0 Å². The highest BCUT2D eigenvalue weighted by Gasteiger charge is 2.14. The monoisotopic (exact) mass is 310 g/mol. The van der Waals surface area contributed by atoms with Gasteiger partial charge in [-0.05, 0) is 41.9 Å². The summed E-state index contributed by atoms with van der Waals surface area (Å²) in [5.74, 6) is 1.15. The molecule has 1 atom stereocenters. The molecule has 18 heavy (non-hydrogen) atoms. The van der Waals surface area contributed by atoms with Gasteiger partial charge in [0.25, 0.3) is 0 Å². The van der Waals surface area contributed by atoms with Gasteiger partial charge >= 0.3 is 0 Å². The molecule has 0 saturated heterocycles. The third-order valence-corrected chi connectivity index (χ3v) is 2.91. The predicted molar refractivity (Wildman–Crippen MR) is 71.9 cm³/mol. The van der Waals surface area contributed by atoms with Crippen molar-refractivity contribution in [3.05, 3.63) is 28.8 Å². The molecule has 0 aliphatic carbocycles. The van der Waals surface area contributed by atoms with E-state index in [2.05, 4.69) is 43.3 Å². The molecule has 2 aromatic rings. The van der Waals surface area contributed by atoms with Crippen LogP contribution in [0.15, 0.2) is 27.5 Å². The van der Waals surface area contributed by atoms with Crippen molar-refractivity contribution >= 4 is 15.9 Å². The van der Waals surface area contributed by atoms with Gasteiger partial charge in [0.05, 0.1) is 6.04 Å². The van der Waals surface area contributed by atoms with Gasteiger partial charge in [0.2, 0.25) is 11.7 Å². The van der Waals surface area contributed by atoms with E-state index < -0.39 is 0 Å². The first-order valence-corrected chi connectivity index (χ1v) is 6.68. The minimum Gasteiger partial charge on any atom is -0.337 e. The molecule has 96 valence electrons. The molecule has 1 N–H and O–H groups in total. The Bertz CT molecular complexity index is 514. The van der Waals surface area contributed by atoms with E-state index in [-0.39, 0.29) is 6.04 Å². The maximum atomic E-state index is 5.25. The van der Waals surface area contributed by atoms with Crippen LogP contribution in [0.2, 0.25) is 0 Å². The number of pyridine rings is 1. The molecule has 0 aliphatic heterocycles. The summed E-state index contributed by atoms with van der Waals surface area (Å²) in [5, 5.41) is 7.27. The Hall–Kier alpha value is -1.27. The van der Waals surface area contributed by atoms with Gasteiger partial charge in [0, 0.05) is 22.4 Å². The first-order chi connectivity index (χ1) is 8.70. The second kappa shape index (κ2) is 6.06. The fourth-order valence-electron chi connectivity index (χ4n) is 1.51. The summed E-state index contributed by atoms with van der Waals surface area (Å²) in [6.45, 7) is 5.05. The second-order valence-corrected chi connectivity index (χ2v) is 4.94. The maximum Gasteiger partial charge on any atom is 0.243 e. The fraction of sp³-hybridized carbons (Fsp3) is 0.417. The predicted octanol–water partition coefficient (Wildman–Crippen LogP) is 2.95. The van der Waals surface area contributed by atoms with E-state index in [9.17, 15) is 0 Å². The van der Waals surface area contributed by atoms with Crippen LogP contribution in [0.1, 0.15) is 32.2 Å². The lowest BCUT2D eigenvalue weighted by Gasteiger charge is -2.06. The summed E-state index contributed by atoms with van der Waals surface area (Å²) in [4.78, 5) is 8.45. The third-order valence-electron chi connectivity index (χ3n) is 2.48. The van der Waals surface area contributed by atoms with Gasteiger partial charge in [-0.1, -0.05) is 12.1 Å². The molecule has 0 amide bonds. The number of nitrogens with zero attached hydrogens (tertiary/aromatic N) is 3. The summed E-state index contributed by atoms with van der Waals surface area (Å²) in [6.07, 6.45) is 4.50. The molecule has 2 aromatic heterocycles. The molecule has 0 fully saturated rings. The number of aromatic nitrogens is 3. The van der Waals surface area contributed by atoms with Crippen LogP contribution in [0.3, 0.4) is 0 Å². The Morgan fingerprint density at radius 1 is 1.44 bits per heavy atom. The van der Waals surface area contributed by atoms with E-state index in [1.54, 1.807) is 12.4 Å². The summed E-state index contributed by atoms with van der Waals surface area (Å²) in [5.41, 5.74) is 0.835. The highest BCUT2D eigenvalue weighted by Crippen LogP contribution is 2.20. The van der Waals surface area contributed by atoms with Crippen LogP contribution in [0, 0.1) is 0 Å². The van der Waals surface area contributed by atoms with Crippen LogP contribution in [-0.2, 0) is 0 Å². The van der Waals surface area contributed by atoms with E-state index in [0.29, 0.717) is 11.7 Å². The van der Waals surface area contributed by atoms with Crippen molar-refractivity contribution in [1.82, 2.24) is 20.4 Å². The van der Waals surface area contributed by atoms with Crippen molar-refractivity contribution in [2.75, 3.05) is 6.54 Å². The second-order valence-electron chi connectivity index (χ2n) is 4.02. The van der Waals surface area contributed by atoms with Crippen molar-refractivity contribution in [3.63, 3.8) is 0 Å². The zero-order valence-corrected chi connectivity index (χ0v) is 11.9. The molecule has 5 nitrogen and oxygen atoms in total. The SMILES string of the molecule is CCCNC(C)c1nc(-c2cncc(Br)c2)no1. The number of rotatable bonds is 5. The van der Waals surface area contributed by atoms with Gasteiger partial charge in [-0.3, -0.25) is 4.98 Å². The number of nitrogens with one attached hydrogen (secondary N) is 1. The number of hydrogen-bond acceptors (Lipinski definition) is 5. The van der Waals surface area contributed by atoms with Gasteiger partial charge in [0.15, 0.2) is 0 Å². The quantitative estimate of drug-likeness (QED) is 0.920. The number of hydrogen-bond donors (Lipinski definition) is 1. The molecule has 0 aromatic carbocycles. The molecule has 6 heteroatoms. The lowest BCUT2D eigenvalue weighted by atomic mass is 10.3. The molecular formula is C12H15BrN4O. The molecule has 0 radical (unpaired) electrons. The van der Waals surface area contributed by atoms with Crippen LogP contribution >= 0.6 is 15.9 Å². The van der Waals surface area contributed by atoms with Crippen LogP contribution in [0.25, 0.3) is 11.4 Å². The Kier molecular flexibility index (Phi) is 4.43. The van der Waals surface area contributed by atoms with Gasteiger partial charge in [-0.2, -0.15) is 4.98 Å². The minimum absolute atomic E-state index is 0.0614. The standard InChI is InChI=1S/C12H15BrN4O/c1-3-4-15-8(2)12-16-11(17-18-12)9-5-10(13)7-14-6-9/h5-8,15H,3-4H2,1-2H3. The van der Waals surface area contributed by atoms with Crippen molar-refractivity contribution in [2.24, 2.45) is 0 Å². The van der Waals surface area contributed by atoms with Crippen molar-refractivity contribution in [2.45, 2.75) is 26.3 Å². The molecular weight excluding hydrogens is 296 g/mol. The smallest absolute Gasteiger partial charge is 0.243 e. The normalized spacial score (nSPS) is 12.6. The van der Waals surface area contributed by atoms with Crippen molar-refractivity contribution in [3.8, 4) is 11.4 Å². The highest BCUT2D eigenvalue weighted by molar-refractivity contribution is 9.10. The van der Waals surface area contributed by atoms with Gasteiger partial charge in [-0.15, -0.1) is 0 Å². The van der Waals surface area contributed by atoms with E-state index >= 15 is 0 Å². The minimum atomic E-state index is 0.0614. The zero-order chi connectivity index (χ0) is 13.0. The summed E-state index contributed by atoms with van der Waals surface area (Å²) in [6, 6.07) is 1.97. The lowest BCUT2D eigenvalue weighted by molar-refractivity contribution is 0.340. The molecule has 2 rings (SSSR count). The highest BCUT2D eigenvalue weighted by atomic mass is 79.9. The Balaban J connectivity index is 2.15. The first kappa shape index (κ1) is 13.2. The van der Waals surface area contributed by atoms with Crippen LogP contribution < -0.4 is 5.32 Å². The zero-order valence-electron chi connectivity index (χ0n) is 10.4. The molecule has 0 bridgehead atoms. The van der Waals surface area contributed by atoms with Crippen molar-refractivity contribution in [1.29, 1.82) is 0 Å². The Labute approximate surface area is 114 Å². The Morgan fingerprint density at radius 2 is 2.28 bits per heavy atom. The van der Waals surface area contributed by atoms with Gasteiger partial charge in [-0.25, -0.2) is 0 Å². The van der Waals surface area contributed by atoms with Crippen LogP contribution in [0.5, 0.6) is 0 Å². The summed E-state index contributed by atoms with van der Waals surface area (Å²) in [7, 11) is 0. The summed E-state index contributed by atoms with van der Waals surface area (Å²) < 4.78 is 6.14. The lowest BCUT2D eigenvalue weighted by Crippen LogP contribution is -2.19. The van der Waals surface area contributed by atoms with Gasteiger partial charge < -0.3 is 9.84 Å². The van der Waals surface area contributed by atoms with Crippen LogP contribution in [0.4, 0.5) is 0 Å². The van der Waals surface area contributed by atoms with E-state index in [0.717, 1.165) is 23.0 Å². The first-order valence-electron chi connectivity index (χ1n) is 5.88. The van der Waals surface area contributed by atoms with Crippen molar-refractivity contribution < 1.29 is 4.52 Å².